The predicted molar refractivity (Wildman–Crippen MR) is 170 cm³/mol. The molecule has 0 bridgehead atoms. The molecule has 0 aliphatic carbocycles. The van der Waals surface area contributed by atoms with Gasteiger partial charge < -0.3 is 10.1 Å². The molecule has 1 aliphatic rings. The van der Waals surface area contributed by atoms with E-state index in [1.807, 2.05) is 50.8 Å². The van der Waals surface area contributed by atoms with Gasteiger partial charge in [0.2, 0.25) is 5.91 Å². The summed E-state index contributed by atoms with van der Waals surface area (Å²) in [7, 11) is 0. The topological polar surface area (TPSA) is 93.5 Å². The number of aryl methyl sites for hydroxylation is 3. The fraction of sp³-hybridized carbons (Fsp3) is 0.486. The molecule has 1 N–H and O–H groups in total. The third kappa shape index (κ3) is 8.23. The molecular formula is C35H43F3N4O4. The summed E-state index contributed by atoms with van der Waals surface area (Å²) in [6.45, 7) is 12.1. The van der Waals surface area contributed by atoms with Crippen LogP contribution in [0.25, 0.3) is 11.1 Å². The Balaban J connectivity index is 1.73. The van der Waals surface area contributed by atoms with Crippen molar-refractivity contribution in [3.05, 3.63) is 86.3 Å². The lowest BCUT2D eigenvalue weighted by atomic mass is 9.92. The second-order valence-corrected chi connectivity index (χ2v) is 12.5. The number of nitrogens with zero attached hydrogens (tertiary/aromatic N) is 3. The quantitative estimate of drug-likeness (QED) is 0.241. The predicted octanol–water partition coefficient (Wildman–Crippen LogP) is 5.71. The minimum atomic E-state index is -1.31. The molecule has 3 aromatic rings. The first-order valence-corrected chi connectivity index (χ1v) is 15.8. The zero-order chi connectivity index (χ0) is 33.7. The molecule has 0 spiro atoms. The second kappa shape index (κ2) is 15.1. The van der Waals surface area contributed by atoms with E-state index in [1.54, 1.807) is 19.9 Å². The van der Waals surface area contributed by atoms with Gasteiger partial charge in [-0.05, 0) is 80.5 Å². The van der Waals surface area contributed by atoms with Gasteiger partial charge in [-0.15, -0.1) is 0 Å². The number of alkyl halides is 1. The largest absolute Gasteiger partial charge is 0.466 e. The van der Waals surface area contributed by atoms with E-state index in [0.717, 1.165) is 21.9 Å². The minimum absolute atomic E-state index is 0.0546. The van der Waals surface area contributed by atoms with Crippen LogP contribution in [-0.4, -0.2) is 59.0 Å². The Morgan fingerprint density at radius 2 is 1.74 bits per heavy atom. The monoisotopic (exact) mass is 640 g/mol. The van der Waals surface area contributed by atoms with Crippen molar-refractivity contribution in [3.63, 3.8) is 0 Å². The highest BCUT2D eigenvalue weighted by Crippen LogP contribution is 2.33. The van der Waals surface area contributed by atoms with Gasteiger partial charge in [0.1, 0.15) is 12.2 Å². The molecule has 2 aromatic carbocycles. The van der Waals surface area contributed by atoms with Gasteiger partial charge in [-0.3, -0.25) is 19.3 Å². The molecule has 8 nitrogen and oxygen atoms in total. The molecule has 1 saturated heterocycles. The van der Waals surface area contributed by atoms with Crippen molar-refractivity contribution >= 4 is 11.9 Å². The lowest BCUT2D eigenvalue weighted by Gasteiger charge is -2.34. The Bertz CT molecular complexity index is 1610. The van der Waals surface area contributed by atoms with Crippen molar-refractivity contribution in [2.75, 3.05) is 26.2 Å². The molecule has 4 rings (SSSR count). The van der Waals surface area contributed by atoms with Crippen LogP contribution in [0.2, 0.25) is 0 Å². The molecule has 248 valence electrons. The van der Waals surface area contributed by atoms with Gasteiger partial charge in [-0.25, -0.2) is 17.9 Å². The molecule has 0 radical (unpaired) electrons. The summed E-state index contributed by atoms with van der Waals surface area (Å²) < 4.78 is 50.4. The van der Waals surface area contributed by atoms with Gasteiger partial charge in [0.15, 0.2) is 11.6 Å². The van der Waals surface area contributed by atoms with Gasteiger partial charge in [-0.2, -0.15) is 5.10 Å². The van der Waals surface area contributed by atoms with Crippen LogP contribution in [0.15, 0.2) is 41.2 Å². The normalized spacial score (nSPS) is 15.0. The zero-order valence-electron chi connectivity index (χ0n) is 27.3. The van der Waals surface area contributed by atoms with Crippen LogP contribution in [0.1, 0.15) is 73.6 Å². The third-order valence-electron chi connectivity index (χ3n) is 8.25. The number of hydrogen-bond acceptors (Lipinski definition) is 6. The zero-order valence-corrected chi connectivity index (χ0v) is 27.3. The van der Waals surface area contributed by atoms with Crippen molar-refractivity contribution < 1.29 is 27.5 Å². The summed E-state index contributed by atoms with van der Waals surface area (Å²) >= 11 is 0. The Hall–Kier alpha value is -3.99. The number of ether oxygens (including phenoxy) is 1. The Morgan fingerprint density at radius 1 is 1.07 bits per heavy atom. The van der Waals surface area contributed by atoms with Crippen LogP contribution in [0, 0.1) is 38.3 Å². The van der Waals surface area contributed by atoms with Crippen LogP contribution in [-0.2, 0) is 20.7 Å². The highest BCUT2D eigenvalue weighted by Gasteiger charge is 2.31. The molecule has 0 saturated carbocycles. The fourth-order valence-corrected chi connectivity index (χ4v) is 5.94. The Morgan fingerprint density at radius 3 is 2.35 bits per heavy atom. The summed E-state index contributed by atoms with van der Waals surface area (Å²) in [4.78, 5) is 42.1. The lowest BCUT2D eigenvalue weighted by Crippen LogP contribution is -2.49. The first kappa shape index (κ1) is 34.9. The van der Waals surface area contributed by atoms with E-state index < -0.39 is 53.7 Å². The molecule has 2 unspecified atom stereocenters. The molecule has 1 aromatic heterocycles. The van der Waals surface area contributed by atoms with Crippen molar-refractivity contribution in [1.29, 1.82) is 0 Å². The average molecular weight is 641 g/mol. The van der Waals surface area contributed by atoms with E-state index >= 15 is 8.78 Å². The van der Waals surface area contributed by atoms with E-state index in [-0.39, 0.29) is 24.5 Å². The number of hydrogen-bond donors (Lipinski definition) is 1. The maximum absolute atomic E-state index is 15.6. The second-order valence-electron chi connectivity index (χ2n) is 12.5. The molecule has 1 amide bonds. The summed E-state index contributed by atoms with van der Waals surface area (Å²) in [5.74, 6) is -3.75. The summed E-state index contributed by atoms with van der Waals surface area (Å²) in [5.41, 5.74) is 3.08. The lowest BCUT2D eigenvalue weighted by molar-refractivity contribution is -0.144. The van der Waals surface area contributed by atoms with Crippen molar-refractivity contribution in [2.24, 2.45) is 5.92 Å². The van der Waals surface area contributed by atoms with Crippen LogP contribution in [0.3, 0.4) is 0 Å². The number of rotatable bonds is 13. The maximum Gasteiger partial charge on any atom is 0.308 e. The summed E-state index contributed by atoms with van der Waals surface area (Å²) in [5, 5.41) is 7.28. The van der Waals surface area contributed by atoms with Crippen LogP contribution < -0.4 is 10.9 Å². The summed E-state index contributed by atoms with van der Waals surface area (Å²) in [6, 6.07) is 7.39. The van der Waals surface area contributed by atoms with E-state index in [1.165, 1.54) is 6.07 Å². The maximum atomic E-state index is 15.6. The molecular weight excluding hydrogens is 597 g/mol. The van der Waals surface area contributed by atoms with Crippen LogP contribution in [0.4, 0.5) is 13.2 Å². The number of likely N-dealkylation sites (tertiary alicyclic amines) is 1. The fourth-order valence-electron chi connectivity index (χ4n) is 5.94. The van der Waals surface area contributed by atoms with E-state index in [0.29, 0.717) is 48.4 Å². The smallest absolute Gasteiger partial charge is 0.308 e. The molecule has 11 heteroatoms. The number of carbonyl (C=O) groups is 2. The Labute approximate surface area is 267 Å². The highest BCUT2D eigenvalue weighted by atomic mass is 19.2. The van der Waals surface area contributed by atoms with Crippen LogP contribution in [0.5, 0.6) is 0 Å². The standard InChI is InChI=1S/C35H43F3N4O4/c1-7-46-31(43)17-29(27-15-24(16-28(37)33(27)38)32-21(4)9-8-10-22(32)5)39-34(44)30(13-20(2)3)42-35(45)23(6)14-26(40-42)11-12-41-18-25(36)19-41/h8-10,14-16,20,25,29-30H,7,11-13,17-19H2,1-6H3,(H,39,44). The number of aromatic nitrogens is 2. The SMILES string of the molecule is CCOC(=O)CC(NC(=O)C(CC(C)C)n1nc(CCN2CC(F)C2)cc(C)c1=O)c1cc(-c2c(C)cccc2C)cc(F)c1F. The van der Waals surface area contributed by atoms with E-state index in [9.17, 15) is 18.8 Å². The highest BCUT2D eigenvalue weighted by molar-refractivity contribution is 5.82. The van der Waals surface area contributed by atoms with Crippen molar-refractivity contribution in [3.8, 4) is 11.1 Å². The number of esters is 1. The molecule has 1 fully saturated rings. The molecule has 2 atom stereocenters. The van der Waals surface area contributed by atoms with Gasteiger partial charge in [0.05, 0.1) is 24.8 Å². The molecule has 46 heavy (non-hydrogen) atoms. The Kier molecular flexibility index (Phi) is 11.4. The van der Waals surface area contributed by atoms with E-state index in [2.05, 4.69) is 10.4 Å². The van der Waals surface area contributed by atoms with Gasteiger partial charge >= 0.3 is 5.97 Å². The molecule has 1 aliphatic heterocycles. The number of benzene rings is 2. The number of nitrogens with one attached hydrogen (secondary N) is 1. The van der Waals surface area contributed by atoms with Gasteiger partial charge in [-0.1, -0.05) is 32.0 Å². The first-order chi connectivity index (χ1) is 21.8. The van der Waals surface area contributed by atoms with Gasteiger partial charge in [0.25, 0.3) is 5.56 Å². The number of carbonyl (C=O) groups excluding carboxylic acids is 2. The minimum Gasteiger partial charge on any atom is -0.466 e. The molecule has 2 heterocycles. The van der Waals surface area contributed by atoms with Crippen molar-refractivity contribution in [1.82, 2.24) is 20.0 Å². The first-order valence-electron chi connectivity index (χ1n) is 15.8. The number of amides is 1. The van der Waals surface area contributed by atoms with Gasteiger partial charge in [0, 0.05) is 37.2 Å². The number of halogens is 3. The van der Waals surface area contributed by atoms with Crippen molar-refractivity contribution in [2.45, 2.75) is 79.1 Å². The third-order valence-corrected chi connectivity index (χ3v) is 8.25. The average Bonchev–Trinajstić information content (AvgIpc) is 2.96. The van der Waals surface area contributed by atoms with Crippen LogP contribution >= 0.6 is 0 Å². The van der Waals surface area contributed by atoms with E-state index in [4.69, 9.17) is 4.74 Å². The summed E-state index contributed by atoms with van der Waals surface area (Å²) in [6.07, 6.45) is -0.647.